The number of amides is 1. The molecule has 1 saturated carbocycles. The van der Waals surface area contributed by atoms with E-state index in [-0.39, 0.29) is 24.4 Å². The Morgan fingerprint density at radius 1 is 1.38 bits per heavy atom. The average molecular weight is 249 g/mol. The molecule has 0 aromatic carbocycles. The van der Waals surface area contributed by atoms with Crippen LogP contribution in [0.2, 0.25) is 0 Å². The molecule has 5 heteroatoms. The second-order valence-electron chi connectivity index (χ2n) is 4.45. The number of hydrogen-bond acceptors (Lipinski definition) is 3. The molecule has 16 heavy (non-hydrogen) atoms. The Kier molecular flexibility index (Phi) is 5.52. The van der Waals surface area contributed by atoms with Crippen LogP contribution in [0.5, 0.6) is 0 Å². The summed E-state index contributed by atoms with van der Waals surface area (Å²) < 4.78 is 5.47. The Hall–Kier alpha value is -0.320. The Bertz CT molecular complexity index is 226. The molecule has 1 amide bonds. The molecule has 0 aromatic heterocycles. The van der Waals surface area contributed by atoms with Crippen molar-refractivity contribution in [2.45, 2.75) is 37.8 Å². The third-order valence-electron chi connectivity index (χ3n) is 3.42. The zero-order valence-electron chi connectivity index (χ0n) is 9.78. The van der Waals surface area contributed by atoms with Crippen molar-refractivity contribution in [3.63, 3.8) is 0 Å². The number of ether oxygens (including phenoxy) is 1. The maximum atomic E-state index is 12.0. The normalized spacial score (nSPS) is 26.2. The fourth-order valence-electron chi connectivity index (χ4n) is 2.42. The number of rotatable bonds is 2. The van der Waals surface area contributed by atoms with Gasteiger partial charge in [0.15, 0.2) is 0 Å². The number of nitrogens with one attached hydrogen (secondary N) is 1. The smallest absolute Gasteiger partial charge is 0.253 e. The van der Waals surface area contributed by atoms with E-state index in [0.717, 1.165) is 19.4 Å². The fraction of sp³-hybridized carbons (Fsp3) is 0.909. The largest absolute Gasteiger partial charge is 0.366 e. The van der Waals surface area contributed by atoms with Gasteiger partial charge in [-0.2, -0.15) is 0 Å². The van der Waals surface area contributed by atoms with Crippen LogP contribution in [0.4, 0.5) is 0 Å². The second-order valence-corrected chi connectivity index (χ2v) is 4.45. The lowest BCUT2D eigenvalue weighted by Crippen LogP contribution is -2.50. The predicted molar refractivity (Wildman–Crippen MR) is 64.9 cm³/mol. The lowest BCUT2D eigenvalue weighted by molar-refractivity contribution is -0.145. The van der Waals surface area contributed by atoms with Gasteiger partial charge in [0.25, 0.3) is 5.91 Å². The lowest BCUT2D eigenvalue weighted by Gasteiger charge is -2.30. The van der Waals surface area contributed by atoms with E-state index in [1.807, 2.05) is 11.9 Å². The molecule has 1 aliphatic carbocycles. The Morgan fingerprint density at radius 3 is 2.62 bits per heavy atom. The molecule has 0 bridgehead atoms. The molecule has 1 aliphatic heterocycles. The maximum Gasteiger partial charge on any atom is 0.253 e. The zero-order valence-corrected chi connectivity index (χ0v) is 10.6. The van der Waals surface area contributed by atoms with Gasteiger partial charge in [-0.25, -0.2) is 0 Å². The van der Waals surface area contributed by atoms with Crippen molar-refractivity contribution in [3.05, 3.63) is 0 Å². The van der Waals surface area contributed by atoms with Crippen LogP contribution in [0.15, 0.2) is 0 Å². The minimum atomic E-state index is -0.260. The van der Waals surface area contributed by atoms with E-state index in [1.165, 1.54) is 12.8 Å². The van der Waals surface area contributed by atoms with E-state index < -0.39 is 0 Å². The van der Waals surface area contributed by atoms with Gasteiger partial charge < -0.3 is 15.0 Å². The highest BCUT2D eigenvalue weighted by atomic mass is 35.5. The van der Waals surface area contributed by atoms with Gasteiger partial charge in [-0.3, -0.25) is 4.79 Å². The Labute approximate surface area is 103 Å². The van der Waals surface area contributed by atoms with Crippen LogP contribution in [-0.2, 0) is 9.53 Å². The number of carbonyl (C=O) groups is 1. The van der Waals surface area contributed by atoms with Gasteiger partial charge in [-0.15, -0.1) is 12.4 Å². The van der Waals surface area contributed by atoms with Gasteiger partial charge in [-0.05, 0) is 12.8 Å². The molecule has 0 radical (unpaired) electrons. The first-order valence-electron chi connectivity index (χ1n) is 5.88. The standard InChI is InChI=1S/C11H20N2O2.ClH/c1-13(9-4-2-3-5-9)11(14)10-8-12-6-7-15-10;/h9-10,12H,2-8H2,1H3;1H/t10-;/m1./s1. The topological polar surface area (TPSA) is 41.6 Å². The van der Waals surface area contributed by atoms with Gasteiger partial charge in [0.1, 0.15) is 6.10 Å². The first kappa shape index (κ1) is 13.7. The van der Waals surface area contributed by atoms with E-state index in [4.69, 9.17) is 4.74 Å². The second kappa shape index (κ2) is 6.42. The summed E-state index contributed by atoms with van der Waals surface area (Å²) in [7, 11) is 1.91. The highest BCUT2D eigenvalue weighted by molar-refractivity contribution is 5.85. The summed E-state index contributed by atoms with van der Waals surface area (Å²) >= 11 is 0. The van der Waals surface area contributed by atoms with Crippen molar-refractivity contribution in [2.24, 2.45) is 0 Å². The van der Waals surface area contributed by atoms with Crippen molar-refractivity contribution < 1.29 is 9.53 Å². The summed E-state index contributed by atoms with van der Waals surface area (Å²) in [6.45, 7) is 2.17. The van der Waals surface area contributed by atoms with Crippen molar-refractivity contribution in [3.8, 4) is 0 Å². The first-order valence-corrected chi connectivity index (χ1v) is 5.88. The van der Waals surface area contributed by atoms with Gasteiger partial charge >= 0.3 is 0 Å². The number of nitrogens with zero attached hydrogens (tertiary/aromatic N) is 1. The van der Waals surface area contributed by atoms with Gasteiger partial charge in [0.05, 0.1) is 6.61 Å². The van der Waals surface area contributed by atoms with Crippen LogP contribution in [0, 0.1) is 0 Å². The summed E-state index contributed by atoms with van der Waals surface area (Å²) in [4.78, 5) is 13.9. The highest BCUT2D eigenvalue weighted by Gasteiger charge is 2.30. The Balaban J connectivity index is 0.00000128. The minimum Gasteiger partial charge on any atom is -0.366 e. The predicted octanol–water partition coefficient (Wildman–Crippen LogP) is 0.798. The molecule has 1 N–H and O–H groups in total. The summed E-state index contributed by atoms with van der Waals surface area (Å²) in [5, 5.41) is 3.19. The summed E-state index contributed by atoms with van der Waals surface area (Å²) in [5.41, 5.74) is 0. The van der Waals surface area contributed by atoms with Gasteiger partial charge in [-0.1, -0.05) is 12.8 Å². The summed E-state index contributed by atoms with van der Waals surface area (Å²) in [5.74, 6) is 0.147. The molecule has 2 aliphatic rings. The van der Waals surface area contributed by atoms with Crippen LogP contribution >= 0.6 is 12.4 Å². The van der Waals surface area contributed by atoms with E-state index in [9.17, 15) is 4.79 Å². The third-order valence-corrected chi connectivity index (χ3v) is 3.42. The number of hydrogen-bond donors (Lipinski definition) is 1. The molecule has 4 nitrogen and oxygen atoms in total. The molecule has 0 unspecified atom stereocenters. The summed E-state index contributed by atoms with van der Waals surface area (Å²) in [6.07, 6.45) is 4.56. The van der Waals surface area contributed by atoms with Crippen molar-refractivity contribution in [1.29, 1.82) is 0 Å². The van der Waals surface area contributed by atoms with Crippen LogP contribution in [0.25, 0.3) is 0 Å². The van der Waals surface area contributed by atoms with Crippen LogP contribution in [0.1, 0.15) is 25.7 Å². The molecular weight excluding hydrogens is 228 g/mol. The first-order chi connectivity index (χ1) is 7.29. The summed E-state index contributed by atoms with van der Waals surface area (Å²) in [6, 6.07) is 0.447. The van der Waals surface area contributed by atoms with E-state index in [1.54, 1.807) is 0 Å². The monoisotopic (exact) mass is 248 g/mol. The minimum absolute atomic E-state index is 0. The molecule has 0 spiro atoms. The van der Waals surface area contributed by atoms with Crippen LogP contribution in [-0.4, -0.2) is 49.7 Å². The van der Waals surface area contributed by atoms with E-state index in [2.05, 4.69) is 5.32 Å². The molecule has 2 fully saturated rings. The fourth-order valence-corrected chi connectivity index (χ4v) is 2.42. The van der Waals surface area contributed by atoms with Crippen molar-refractivity contribution in [2.75, 3.05) is 26.7 Å². The van der Waals surface area contributed by atoms with Crippen molar-refractivity contribution >= 4 is 18.3 Å². The van der Waals surface area contributed by atoms with Crippen molar-refractivity contribution in [1.82, 2.24) is 10.2 Å². The highest BCUT2D eigenvalue weighted by Crippen LogP contribution is 2.23. The molecule has 1 atom stereocenters. The molecular formula is C11H21ClN2O2. The van der Waals surface area contributed by atoms with Gasteiger partial charge in [0.2, 0.25) is 0 Å². The maximum absolute atomic E-state index is 12.0. The zero-order chi connectivity index (χ0) is 10.7. The number of morpholine rings is 1. The number of carbonyl (C=O) groups excluding carboxylic acids is 1. The number of halogens is 1. The average Bonchev–Trinajstić information content (AvgIpc) is 2.82. The van der Waals surface area contributed by atoms with Gasteiger partial charge in [0, 0.05) is 26.2 Å². The number of likely N-dealkylation sites (N-methyl/N-ethyl adjacent to an activating group) is 1. The molecule has 94 valence electrons. The molecule has 2 rings (SSSR count). The lowest BCUT2D eigenvalue weighted by atomic mass is 10.2. The van der Waals surface area contributed by atoms with Crippen LogP contribution in [0.3, 0.4) is 0 Å². The SMILES string of the molecule is CN(C(=O)[C@H]1CNCCO1)C1CCCC1.Cl. The molecule has 1 saturated heterocycles. The van der Waals surface area contributed by atoms with Crippen LogP contribution < -0.4 is 5.32 Å². The third kappa shape index (κ3) is 3.09. The van der Waals surface area contributed by atoms with E-state index in [0.29, 0.717) is 19.2 Å². The quantitative estimate of drug-likeness (QED) is 0.786. The molecule has 0 aromatic rings. The Morgan fingerprint density at radius 2 is 2.06 bits per heavy atom. The molecule has 1 heterocycles. The van der Waals surface area contributed by atoms with E-state index >= 15 is 0 Å².